The lowest BCUT2D eigenvalue weighted by Crippen LogP contribution is -2.03. The summed E-state index contributed by atoms with van der Waals surface area (Å²) in [6, 6.07) is 0. The highest BCUT2D eigenvalue weighted by Crippen LogP contribution is 2.42. The Morgan fingerprint density at radius 1 is 1.35 bits per heavy atom. The Labute approximate surface area is 134 Å². The van der Waals surface area contributed by atoms with Gasteiger partial charge in [-0.3, -0.25) is 4.79 Å². The Morgan fingerprint density at radius 3 is 2.70 bits per heavy atom. The molecule has 0 radical (unpaired) electrons. The van der Waals surface area contributed by atoms with Crippen molar-refractivity contribution in [3.8, 4) is 11.5 Å². The molecular formula is C17H20O6. The number of benzene rings is 1. The van der Waals surface area contributed by atoms with Crippen LogP contribution in [0.2, 0.25) is 0 Å². The van der Waals surface area contributed by atoms with E-state index in [0.717, 1.165) is 5.56 Å². The lowest BCUT2D eigenvalue weighted by Gasteiger charge is -2.15. The number of phenolic OH excluding ortho intramolecular Hbond substituents is 1. The molecule has 6 nitrogen and oxygen atoms in total. The number of allylic oxidation sites excluding steroid dienone is 2. The second kappa shape index (κ2) is 7.17. The van der Waals surface area contributed by atoms with Crippen molar-refractivity contribution in [3.05, 3.63) is 34.4 Å². The number of esters is 1. The summed E-state index contributed by atoms with van der Waals surface area (Å²) in [5.41, 5.74) is 2.28. The molecule has 1 aromatic rings. The third-order valence-corrected chi connectivity index (χ3v) is 3.90. The van der Waals surface area contributed by atoms with E-state index in [-0.39, 0.29) is 24.3 Å². The van der Waals surface area contributed by atoms with Gasteiger partial charge < -0.3 is 19.7 Å². The fourth-order valence-electron chi connectivity index (χ4n) is 2.74. The van der Waals surface area contributed by atoms with Crippen LogP contribution in [0.3, 0.4) is 0 Å². The Morgan fingerprint density at radius 2 is 2.04 bits per heavy atom. The summed E-state index contributed by atoms with van der Waals surface area (Å²) in [7, 11) is 1.53. The number of carbonyl (C=O) groups is 2. The molecule has 0 fully saturated rings. The number of rotatable bonds is 7. The lowest BCUT2D eigenvalue weighted by atomic mass is 9.94. The van der Waals surface area contributed by atoms with E-state index < -0.39 is 11.9 Å². The monoisotopic (exact) mass is 320 g/mol. The molecule has 0 spiro atoms. The molecule has 23 heavy (non-hydrogen) atoms. The standard InChI is InChI=1S/C17H20O6/c1-10-12-9-23-17(21)14(12)15(20)11(16(10)22-2)7-5-3-4-6-8-13(18)19/h3-4,20H,5-9H2,1-2H3,(H,18,19). The zero-order valence-electron chi connectivity index (χ0n) is 13.2. The molecule has 0 saturated heterocycles. The van der Waals surface area contributed by atoms with Crippen LogP contribution in [0.1, 0.15) is 46.3 Å². The summed E-state index contributed by atoms with van der Waals surface area (Å²) in [5, 5.41) is 19.0. The minimum atomic E-state index is -0.832. The van der Waals surface area contributed by atoms with Gasteiger partial charge in [0.2, 0.25) is 0 Å². The minimum absolute atomic E-state index is 0.0797. The molecule has 124 valence electrons. The largest absolute Gasteiger partial charge is 0.507 e. The van der Waals surface area contributed by atoms with Crippen LogP contribution in [-0.2, 0) is 22.6 Å². The third kappa shape index (κ3) is 3.47. The van der Waals surface area contributed by atoms with Crippen LogP contribution >= 0.6 is 0 Å². The van der Waals surface area contributed by atoms with Crippen LogP contribution in [-0.4, -0.2) is 29.3 Å². The van der Waals surface area contributed by atoms with Crippen LogP contribution < -0.4 is 4.74 Å². The lowest BCUT2D eigenvalue weighted by molar-refractivity contribution is -0.136. The van der Waals surface area contributed by atoms with E-state index in [1.165, 1.54) is 7.11 Å². The maximum absolute atomic E-state index is 11.8. The first-order valence-electron chi connectivity index (χ1n) is 7.42. The quantitative estimate of drug-likeness (QED) is 0.593. The second-order valence-corrected chi connectivity index (χ2v) is 5.36. The smallest absolute Gasteiger partial charge is 0.342 e. The Kier molecular flexibility index (Phi) is 5.26. The third-order valence-electron chi connectivity index (χ3n) is 3.90. The number of carbonyl (C=O) groups excluding carboxylic acids is 1. The highest BCUT2D eigenvalue weighted by atomic mass is 16.5. The summed E-state index contributed by atoms with van der Waals surface area (Å²) < 4.78 is 10.4. The predicted octanol–water partition coefficient (Wildman–Crippen LogP) is 2.73. The number of methoxy groups -OCH3 is 1. The molecule has 0 atom stereocenters. The number of carboxylic acids is 1. The highest BCUT2D eigenvalue weighted by Gasteiger charge is 2.31. The van der Waals surface area contributed by atoms with Gasteiger partial charge in [-0.1, -0.05) is 12.2 Å². The molecule has 1 aliphatic heterocycles. The molecule has 6 heteroatoms. The molecule has 0 saturated carbocycles. The van der Waals surface area contributed by atoms with Crippen LogP contribution in [0, 0.1) is 6.92 Å². The fourth-order valence-corrected chi connectivity index (χ4v) is 2.74. The maximum atomic E-state index is 11.8. The highest BCUT2D eigenvalue weighted by molar-refractivity contribution is 5.98. The molecule has 0 aliphatic carbocycles. The molecule has 0 aromatic heterocycles. The number of carboxylic acid groups (broad SMARTS) is 1. The molecule has 0 amide bonds. The van der Waals surface area contributed by atoms with Crippen molar-refractivity contribution in [1.82, 2.24) is 0 Å². The molecule has 0 bridgehead atoms. The first-order valence-corrected chi connectivity index (χ1v) is 7.42. The second-order valence-electron chi connectivity index (χ2n) is 5.36. The number of cyclic esters (lactones) is 1. The van der Waals surface area contributed by atoms with Crippen LogP contribution in [0.25, 0.3) is 0 Å². The number of hydrogen-bond donors (Lipinski definition) is 2. The fraction of sp³-hybridized carbons (Fsp3) is 0.412. The van der Waals surface area contributed by atoms with Crippen molar-refractivity contribution in [2.45, 2.75) is 39.2 Å². The first kappa shape index (κ1) is 16.9. The van der Waals surface area contributed by atoms with Gasteiger partial charge in [0.05, 0.1) is 7.11 Å². The summed E-state index contributed by atoms with van der Waals surface area (Å²) in [4.78, 5) is 22.2. The van der Waals surface area contributed by atoms with Crippen molar-refractivity contribution in [2.75, 3.05) is 7.11 Å². The Bertz CT molecular complexity index is 660. The van der Waals surface area contributed by atoms with Gasteiger partial charge in [-0.2, -0.15) is 0 Å². The SMILES string of the molecule is COc1c(C)c2c(c(O)c1CCC=CCCC(=O)O)C(=O)OC2. The normalized spacial score (nSPS) is 13.2. The van der Waals surface area contributed by atoms with Crippen molar-refractivity contribution in [1.29, 1.82) is 0 Å². The van der Waals surface area contributed by atoms with Crippen LogP contribution in [0.15, 0.2) is 12.2 Å². The molecule has 0 unspecified atom stereocenters. The van der Waals surface area contributed by atoms with E-state index in [1.54, 1.807) is 6.08 Å². The Balaban J connectivity index is 2.18. The van der Waals surface area contributed by atoms with E-state index >= 15 is 0 Å². The molecule has 1 aromatic carbocycles. The van der Waals surface area contributed by atoms with Gasteiger partial charge >= 0.3 is 11.9 Å². The molecule has 2 N–H and O–H groups in total. The van der Waals surface area contributed by atoms with Crippen molar-refractivity contribution in [3.63, 3.8) is 0 Å². The van der Waals surface area contributed by atoms with Crippen molar-refractivity contribution >= 4 is 11.9 Å². The number of aliphatic carboxylic acids is 1. The zero-order chi connectivity index (χ0) is 17.0. The topological polar surface area (TPSA) is 93.1 Å². The van der Waals surface area contributed by atoms with Gasteiger partial charge in [0.15, 0.2) is 0 Å². The molecule has 1 heterocycles. The molecule has 2 rings (SSSR count). The van der Waals surface area contributed by atoms with Crippen LogP contribution in [0.5, 0.6) is 11.5 Å². The summed E-state index contributed by atoms with van der Waals surface area (Å²) >= 11 is 0. The number of ether oxygens (including phenoxy) is 2. The van der Waals surface area contributed by atoms with Crippen molar-refractivity contribution < 1.29 is 29.3 Å². The number of hydrogen-bond acceptors (Lipinski definition) is 5. The van der Waals surface area contributed by atoms with E-state index in [9.17, 15) is 14.7 Å². The van der Waals surface area contributed by atoms with E-state index in [2.05, 4.69) is 0 Å². The van der Waals surface area contributed by atoms with Gasteiger partial charge in [0, 0.05) is 17.5 Å². The van der Waals surface area contributed by atoms with Gasteiger partial charge in [0.1, 0.15) is 23.7 Å². The maximum Gasteiger partial charge on any atom is 0.342 e. The molecule has 1 aliphatic rings. The van der Waals surface area contributed by atoms with E-state index in [0.29, 0.717) is 36.1 Å². The Hall–Kier alpha value is -2.50. The number of phenols is 1. The predicted molar refractivity (Wildman–Crippen MR) is 82.8 cm³/mol. The summed E-state index contributed by atoms with van der Waals surface area (Å²) in [6.45, 7) is 1.99. The average Bonchev–Trinajstić information content (AvgIpc) is 2.89. The van der Waals surface area contributed by atoms with Gasteiger partial charge in [0.25, 0.3) is 0 Å². The summed E-state index contributed by atoms with van der Waals surface area (Å²) in [6.07, 6.45) is 5.31. The first-order chi connectivity index (χ1) is 11.0. The van der Waals surface area contributed by atoms with Gasteiger partial charge in [-0.05, 0) is 31.7 Å². The van der Waals surface area contributed by atoms with Crippen molar-refractivity contribution in [2.24, 2.45) is 0 Å². The van der Waals surface area contributed by atoms with E-state index in [1.807, 2.05) is 13.0 Å². The average molecular weight is 320 g/mol. The number of aromatic hydroxyl groups is 1. The van der Waals surface area contributed by atoms with E-state index in [4.69, 9.17) is 14.6 Å². The van der Waals surface area contributed by atoms with Crippen LogP contribution in [0.4, 0.5) is 0 Å². The number of fused-ring (bicyclic) bond motifs is 1. The summed E-state index contributed by atoms with van der Waals surface area (Å²) in [5.74, 6) is -0.856. The van der Waals surface area contributed by atoms with Gasteiger partial charge in [-0.25, -0.2) is 4.79 Å². The zero-order valence-corrected chi connectivity index (χ0v) is 13.2. The van der Waals surface area contributed by atoms with Gasteiger partial charge in [-0.15, -0.1) is 0 Å². The minimum Gasteiger partial charge on any atom is -0.507 e. The molecular weight excluding hydrogens is 300 g/mol.